The molecule has 1 aromatic rings. The molecule has 17 heavy (non-hydrogen) atoms. The van der Waals surface area contributed by atoms with Crippen LogP contribution in [0.4, 0.5) is 5.13 Å². The van der Waals surface area contributed by atoms with Crippen LogP contribution >= 0.6 is 11.3 Å². The summed E-state index contributed by atoms with van der Waals surface area (Å²) in [5, 5.41) is 4.45. The van der Waals surface area contributed by atoms with Crippen LogP contribution in [0.15, 0.2) is 0 Å². The van der Waals surface area contributed by atoms with Crippen molar-refractivity contribution in [3.05, 3.63) is 4.88 Å². The molecule has 1 saturated heterocycles. The molecule has 1 fully saturated rings. The highest BCUT2D eigenvalue weighted by molar-refractivity contribution is 7.15. The van der Waals surface area contributed by atoms with Crippen molar-refractivity contribution < 1.29 is 9.47 Å². The minimum atomic E-state index is 0.463. The second-order valence-electron chi connectivity index (χ2n) is 4.26. The fraction of sp³-hybridized carbons (Fsp3) is 0.727. The van der Waals surface area contributed by atoms with Gasteiger partial charge in [-0.1, -0.05) is 11.3 Å². The Morgan fingerprint density at radius 2 is 2.41 bits per heavy atom. The molecule has 1 aromatic heterocycles. The lowest BCUT2D eigenvalue weighted by Crippen LogP contribution is -2.28. The highest BCUT2D eigenvalue weighted by Gasteiger charge is 2.18. The monoisotopic (exact) mass is 257 g/mol. The van der Waals surface area contributed by atoms with Crippen molar-refractivity contribution in [2.45, 2.75) is 19.0 Å². The summed E-state index contributed by atoms with van der Waals surface area (Å²) in [6, 6.07) is 0.463. The zero-order valence-corrected chi connectivity index (χ0v) is 11.3. The van der Waals surface area contributed by atoms with Crippen LogP contribution in [0.2, 0.25) is 0 Å². The summed E-state index contributed by atoms with van der Waals surface area (Å²) in [5.41, 5.74) is 0. The second-order valence-corrected chi connectivity index (χ2v) is 5.33. The van der Waals surface area contributed by atoms with Crippen molar-refractivity contribution >= 4 is 16.5 Å². The SMILES string of the molecule is COc1nc(N(C)C)sc1CNC1CCOC1. The van der Waals surface area contributed by atoms with Gasteiger partial charge in [0.05, 0.1) is 18.6 Å². The molecular weight excluding hydrogens is 238 g/mol. The first kappa shape index (κ1) is 12.6. The average Bonchev–Trinajstić information content (AvgIpc) is 2.95. The molecule has 1 atom stereocenters. The lowest BCUT2D eigenvalue weighted by atomic mass is 10.2. The van der Waals surface area contributed by atoms with E-state index in [1.807, 2.05) is 19.0 Å². The number of thiazole rings is 1. The van der Waals surface area contributed by atoms with E-state index in [0.717, 1.165) is 42.1 Å². The lowest BCUT2D eigenvalue weighted by molar-refractivity contribution is 0.190. The fourth-order valence-corrected chi connectivity index (χ4v) is 2.62. The molecule has 0 radical (unpaired) electrons. The standard InChI is InChI=1S/C11H19N3O2S/c1-14(2)11-13-10(15-3)9(17-11)6-12-8-4-5-16-7-8/h8,12H,4-7H2,1-3H3. The molecule has 2 rings (SSSR count). The van der Waals surface area contributed by atoms with Gasteiger partial charge in [-0.3, -0.25) is 0 Å². The van der Waals surface area contributed by atoms with Gasteiger partial charge in [0.2, 0.25) is 5.88 Å². The van der Waals surface area contributed by atoms with Crippen LogP contribution in [-0.4, -0.2) is 45.4 Å². The van der Waals surface area contributed by atoms with E-state index in [4.69, 9.17) is 9.47 Å². The molecule has 1 unspecified atom stereocenters. The van der Waals surface area contributed by atoms with Gasteiger partial charge in [-0.25, -0.2) is 0 Å². The van der Waals surface area contributed by atoms with E-state index in [-0.39, 0.29) is 0 Å². The molecule has 0 amide bonds. The Hall–Kier alpha value is -0.850. The summed E-state index contributed by atoms with van der Waals surface area (Å²) in [4.78, 5) is 7.56. The number of methoxy groups -OCH3 is 1. The topological polar surface area (TPSA) is 46.6 Å². The maximum Gasteiger partial charge on any atom is 0.230 e. The van der Waals surface area contributed by atoms with Crippen LogP contribution in [0.3, 0.4) is 0 Å². The van der Waals surface area contributed by atoms with Gasteiger partial charge < -0.3 is 19.7 Å². The molecule has 96 valence electrons. The molecule has 5 nitrogen and oxygen atoms in total. The Morgan fingerprint density at radius 1 is 1.59 bits per heavy atom. The van der Waals surface area contributed by atoms with Crippen molar-refractivity contribution in [1.82, 2.24) is 10.3 Å². The number of nitrogens with zero attached hydrogens (tertiary/aromatic N) is 2. The molecule has 6 heteroatoms. The number of anilines is 1. The van der Waals surface area contributed by atoms with Crippen LogP contribution in [0, 0.1) is 0 Å². The number of nitrogens with one attached hydrogen (secondary N) is 1. The smallest absolute Gasteiger partial charge is 0.230 e. The molecule has 0 bridgehead atoms. The van der Waals surface area contributed by atoms with Gasteiger partial charge in [0.1, 0.15) is 0 Å². The first-order valence-electron chi connectivity index (χ1n) is 5.73. The van der Waals surface area contributed by atoms with Crippen LogP contribution in [0.5, 0.6) is 5.88 Å². The minimum absolute atomic E-state index is 0.463. The fourth-order valence-electron chi connectivity index (χ4n) is 1.72. The third kappa shape index (κ3) is 3.08. The van der Waals surface area contributed by atoms with Crippen LogP contribution in [-0.2, 0) is 11.3 Å². The second kappa shape index (κ2) is 5.66. The minimum Gasteiger partial charge on any atom is -0.480 e. The Labute approximate surface area is 106 Å². The highest BCUT2D eigenvalue weighted by Crippen LogP contribution is 2.30. The summed E-state index contributed by atoms with van der Waals surface area (Å²) < 4.78 is 10.6. The van der Waals surface area contributed by atoms with E-state index in [2.05, 4.69) is 10.3 Å². The Kier molecular flexibility index (Phi) is 4.20. The van der Waals surface area contributed by atoms with E-state index in [0.29, 0.717) is 6.04 Å². The summed E-state index contributed by atoms with van der Waals surface area (Å²) in [5.74, 6) is 0.727. The molecule has 2 heterocycles. The quantitative estimate of drug-likeness (QED) is 0.856. The van der Waals surface area contributed by atoms with Crippen molar-refractivity contribution in [1.29, 1.82) is 0 Å². The Balaban J connectivity index is 1.98. The van der Waals surface area contributed by atoms with E-state index in [1.54, 1.807) is 18.4 Å². The molecule has 1 aliphatic heterocycles. The maximum atomic E-state index is 5.33. The molecule has 0 saturated carbocycles. The number of hydrogen-bond acceptors (Lipinski definition) is 6. The molecule has 0 aliphatic carbocycles. The van der Waals surface area contributed by atoms with Gasteiger partial charge >= 0.3 is 0 Å². The zero-order valence-electron chi connectivity index (χ0n) is 10.5. The first-order valence-corrected chi connectivity index (χ1v) is 6.54. The normalized spacial score (nSPS) is 19.6. The lowest BCUT2D eigenvalue weighted by Gasteiger charge is -2.09. The van der Waals surface area contributed by atoms with Gasteiger partial charge in [-0.15, -0.1) is 0 Å². The average molecular weight is 257 g/mol. The van der Waals surface area contributed by atoms with Crippen molar-refractivity contribution in [3.63, 3.8) is 0 Å². The van der Waals surface area contributed by atoms with E-state index < -0.39 is 0 Å². The molecule has 1 aliphatic rings. The zero-order chi connectivity index (χ0) is 12.3. The maximum absolute atomic E-state index is 5.33. The number of aromatic nitrogens is 1. The van der Waals surface area contributed by atoms with E-state index in [9.17, 15) is 0 Å². The molecule has 0 aromatic carbocycles. The van der Waals surface area contributed by atoms with Crippen molar-refractivity contribution in [2.75, 3.05) is 39.3 Å². The summed E-state index contributed by atoms with van der Waals surface area (Å²) >= 11 is 1.66. The van der Waals surface area contributed by atoms with Gasteiger partial charge in [-0.05, 0) is 6.42 Å². The summed E-state index contributed by atoms with van der Waals surface area (Å²) in [6.45, 7) is 2.46. The third-order valence-corrected chi connectivity index (χ3v) is 3.91. The van der Waals surface area contributed by atoms with Crippen molar-refractivity contribution in [3.8, 4) is 5.88 Å². The van der Waals surface area contributed by atoms with Crippen LogP contribution < -0.4 is 15.0 Å². The molecular formula is C11H19N3O2S. The number of hydrogen-bond donors (Lipinski definition) is 1. The van der Waals surface area contributed by atoms with Crippen LogP contribution in [0.25, 0.3) is 0 Å². The molecule has 0 spiro atoms. The number of ether oxygens (including phenoxy) is 2. The Bertz CT molecular complexity index is 362. The predicted molar refractivity (Wildman–Crippen MR) is 69.1 cm³/mol. The summed E-state index contributed by atoms with van der Waals surface area (Å²) in [7, 11) is 5.64. The van der Waals surface area contributed by atoms with Gasteiger partial charge in [0, 0.05) is 33.3 Å². The van der Waals surface area contributed by atoms with Crippen molar-refractivity contribution in [2.24, 2.45) is 0 Å². The highest BCUT2D eigenvalue weighted by atomic mass is 32.1. The van der Waals surface area contributed by atoms with E-state index >= 15 is 0 Å². The number of rotatable bonds is 5. The van der Waals surface area contributed by atoms with Gasteiger partial charge in [0.25, 0.3) is 0 Å². The third-order valence-electron chi connectivity index (χ3n) is 2.71. The first-order chi connectivity index (χ1) is 8.20. The Morgan fingerprint density at radius 3 is 3.00 bits per heavy atom. The van der Waals surface area contributed by atoms with Gasteiger partial charge in [-0.2, -0.15) is 4.98 Å². The largest absolute Gasteiger partial charge is 0.480 e. The van der Waals surface area contributed by atoms with Gasteiger partial charge in [0.15, 0.2) is 5.13 Å². The van der Waals surface area contributed by atoms with E-state index in [1.165, 1.54) is 0 Å². The molecule has 1 N–H and O–H groups in total. The van der Waals surface area contributed by atoms with Crippen LogP contribution in [0.1, 0.15) is 11.3 Å². The summed E-state index contributed by atoms with van der Waals surface area (Å²) in [6.07, 6.45) is 1.08. The predicted octanol–water partition coefficient (Wildman–Crippen LogP) is 1.10.